The van der Waals surface area contributed by atoms with Gasteiger partial charge >= 0.3 is 5.97 Å². The highest BCUT2D eigenvalue weighted by Crippen LogP contribution is 2.16. The van der Waals surface area contributed by atoms with Gasteiger partial charge in [0.1, 0.15) is 6.04 Å². The summed E-state index contributed by atoms with van der Waals surface area (Å²) in [7, 11) is 0. The molecule has 152 valence electrons. The number of amides is 2. The van der Waals surface area contributed by atoms with Crippen LogP contribution in [0.25, 0.3) is 0 Å². The molecule has 0 aromatic heterocycles. The number of imide groups is 1. The number of unbranched alkanes of at least 4 members (excludes halogenated alkanes) is 7. The van der Waals surface area contributed by atoms with Gasteiger partial charge in [-0.2, -0.15) is 0 Å². The largest absolute Gasteiger partial charge is 0.480 e. The van der Waals surface area contributed by atoms with Crippen molar-refractivity contribution in [2.45, 2.75) is 103 Å². The summed E-state index contributed by atoms with van der Waals surface area (Å²) in [5.41, 5.74) is 5.48. The smallest absolute Gasteiger partial charge is 0.326 e. The normalized spacial score (nSPS) is 12.0. The molecule has 0 spiro atoms. The third-order valence-corrected chi connectivity index (χ3v) is 4.55. The lowest BCUT2D eigenvalue weighted by Crippen LogP contribution is -2.48. The van der Waals surface area contributed by atoms with Gasteiger partial charge in [-0.15, -0.1) is 0 Å². The maximum absolute atomic E-state index is 12.6. The van der Waals surface area contributed by atoms with Crippen molar-refractivity contribution >= 4 is 17.8 Å². The van der Waals surface area contributed by atoms with Gasteiger partial charge in [0.2, 0.25) is 11.8 Å². The summed E-state index contributed by atoms with van der Waals surface area (Å²) < 4.78 is 0. The summed E-state index contributed by atoms with van der Waals surface area (Å²) in [5, 5.41) is 9.58. The maximum Gasteiger partial charge on any atom is 0.326 e. The second-order valence-electron chi connectivity index (χ2n) is 6.92. The fraction of sp³-hybridized carbons (Fsp3) is 0.850. The quantitative estimate of drug-likeness (QED) is 0.402. The van der Waals surface area contributed by atoms with Crippen LogP contribution >= 0.6 is 0 Å². The van der Waals surface area contributed by atoms with E-state index < -0.39 is 12.0 Å². The number of hydrogen-bond donors (Lipinski definition) is 2. The molecule has 1 atom stereocenters. The topological polar surface area (TPSA) is 101 Å². The van der Waals surface area contributed by atoms with E-state index >= 15 is 0 Å². The Morgan fingerprint density at radius 3 is 1.69 bits per heavy atom. The number of hydrogen-bond acceptors (Lipinski definition) is 4. The molecular formula is C20H38N2O4. The Labute approximate surface area is 158 Å². The summed E-state index contributed by atoms with van der Waals surface area (Å²) in [6, 6.07) is -1.07. The number of nitrogens with two attached hydrogens (primary N) is 1. The third-order valence-electron chi connectivity index (χ3n) is 4.55. The van der Waals surface area contributed by atoms with E-state index in [1.165, 1.54) is 0 Å². The van der Waals surface area contributed by atoms with Crippen LogP contribution in [-0.4, -0.2) is 40.4 Å². The fourth-order valence-corrected chi connectivity index (χ4v) is 2.98. The number of carboxylic acid groups (broad SMARTS) is 1. The van der Waals surface area contributed by atoms with Crippen LogP contribution in [0.3, 0.4) is 0 Å². The van der Waals surface area contributed by atoms with Crippen LogP contribution < -0.4 is 5.73 Å². The van der Waals surface area contributed by atoms with Crippen molar-refractivity contribution in [3.8, 4) is 0 Å². The second-order valence-corrected chi connectivity index (χ2v) is 6.92. The van der Waals surface area contributed by atoms with Gasteiger partial charge in [0, 0.05) is 12.8 Å². The lowest BCUT2D eigenvalue weighted by Gasteiger charge is -2.27. The van der Waals surface area contributed by atoms with Crippen LogP contribution in [-0.2, 0) is 14.4 Å². The molecule has 0 aromatic carbocycles. The monoisotopic (exact) mass is 370 g/mol. The molecule has 0 heterocycles. The molecule has 0 aliphatic rings. The van der Waals surface area contributed by atoms with Crippen molar-refractivity contribution in [1.82, 2.24) is 4.90 Å². The summed E-state index contributed by atoms with van der Waals surface area (Å²) >= 11 is 0. The number of carbonyl (C=O) groups is 3. The number of rotatable bonds is 16. The standard InChI is InChI=1S/C20H38N2O4/c1-3-5-7-9-14-18(23)22(19(24)15-10-8-6-4-2)17(20(25)26)13-11-12-16-21/h17H,3-16,21H2,1-2H3,(H,25,26)/t17-/m0/s1. The predicted molar refractivity (Wildman–Crippen MR) is 104 cm³/mol. The molecule has 0 saturated carbocycles. The first kappa shape index (κ1) is 24.6. The van der Waals surface area contributed by atoms with Gasteiger partial charge in [-0.1, -0.05) is 52.4 Å². The summed E-state index contributed by atoms with van der Waals surface area (Å²) in [5.74, 6) is -1.80. The number of carbonyl (C=O) groups excluding carboxylic acids is 2. The molecule has 0 bridgehead atoms. The van der Waals surface area contributed by atoms with Gasteiger partial charge in [0.25, 0.3) is 0 Å². The Morgan fingerprint density at radius 2 is 1.31 bits per heavy atom. The minimum Gasteiger partial charge on any atom is -0.480 e. The molecule has 0 rings (SSSR count). The van der Waals surface area contributed by atoms with Gasteiger partial charge in [0.05, 0.1) is 0 Å². The highest BCUT2D eigenvalue weighted by molar-refractivity contribution is 5.99. The summed E-state index contributed by atoms with van der Waals surface area (Å²) in [4.78, 5) is 38.0. The predicted octanol–water partition coefficient (Wildman–Crippen LogP) is 3.86. The molecule has 26 heavy (non-hydrogen) atoms. The molecule has 6 heteroatoms. The van der Waals surface area contributed by atoms with E-state index in [2.05, 4.69) is 13.8 Å². The van der Waals surface area contributed by atoms with Crippen molar-refractivity contribution in [1.29, 1.82) is 0 Å². The molecule has 0 fully saturated rings. The first-order valence-corrected chi connectivity index (χ1v) is 10.3. The zero-order valence-corrected chi connectivity index (χ0v) is 16.7. The Bertz CT molecular complexity index is 389. The van der Waals surface area contributed by atoms with Gasteiger partial charge in [-0.3, -0.25) is 14.5 Å². The van der Waals surface area contributed by atoms with Crippen LogP contribution in [0.2, 0.25) is 0 Å². The van der Waals surface area contributed by atoms with E-state index in [0.717, 1.165) is 43.4 Å². The molecule has 0 saturated heterocycles. The van der Waals surface area contributed by atoms with E-state index in [9.17, 15) is 19.5 Å². The van der Waals surface area contributed by atoms with E-state index in [-0.39, 0.29) is 31.1 Å². The van der Waals surface area contributed by atoms with Crippen molar-refractivity contribution in [2.24, 2.45) is 5.73 Å². The lowest BCUT2D eigenvalue weighted by molar-refractivity contribution is -0.158. The molecule has 3 N–H and O–H groups in total. The summed E-state index contributed by atoms with van der Waals surface area (Å²) in [6.45, 7) is 4.65. The van der Waals surface area contributed by atoms with Crippen molar-refractivity contribution in [2.75, 3.05) is 6.54 Å². The first-order chi connectivity index (χ1) is 12.5. The van der Waals surface area contributed by atoms with Gasteiger partial charge in [-0.05, 0) is 38.6 Å². The molecular weight excluding hydrogens is 332 g/mol. The molecule has 0 radical (unpaired) electrons. The third kappa shape index (κ3) is 10.5. The zero-order valence-electron chi connectivity index (χ0n) is 16.7. The minimum atomic E-state index is -1.11. The van der Waals surface area contributed by atoms with E-state index in [0.29, 0.717) is 32.2 Å². The van der Waals surface area contributed by atoms with Crippen LogP contribution in [0.4, 0.5) is 0 Å². The molecule has 0 aromatic rings. The zero-order chi connectivity index (χ0) is 19.8. The highest BCUT2D eigenvalue weighted by atomic mass is 16.4. The Hall–Kier alpha value is -1.43. The molecule has 0 unspecified atom stereocenters. The van der Waals surface area contributed by atoms with Crippen molar-refractivity contribution in [3.63, 3.8) is 0 Å². The number of carboxylic acids is 1. The van der Waals surface area contributed by atoms with Crippen LogP contribution in [0, 0.1) is 0 Å². The van der Waals surface area contributed by atoms with E-state index in [1.807, 2.05) is 0 Å². The number of nitrogens with zero attached hydrogens (tertiary/aromatic N) is 1. The highest BCUT2D eigenvalue weighted by Gasteiger charge is 2.33. The Balaban J connectivity index is 4.99. The van der Waals surface area contributed by atoms with Crippen LogP contribution in [0.5, 0.6) is 0 Å². The van der Waals surface area contributed by atoms with Gasteiger partial charge < -0.3 is 10.8 Å². The summed E-state index contributed by atoms with van der Waals surface area (Å²) in [6.07, 6.45) is 9.46. The minimum absolute atomic E-state index is 0.237. The lowest BCUT2D eigenvalue weighted by atomic mass is 10.0. The van der Waals surface area contributed by atoms with Gasteiger partial charge in [0.15, 0.2) is 0 Å². The second kappa shape index (κ2) is 15.8. The Morgan fingerprint density at radius 1 is 0.808 bits per heavy atom. The SMILES string of the molecule is CCCCCCC(=O)N(C(=O)CCCCCC)[C@@H](CCCCN)C(=O)O. The van der Waals surface area contributed by atoms with Crippen LogP contribution in [0.1, 0.15) is 97.3 Å². The van der Waals surface area contributed by atoms with Crippen molar-refractivity contribution < 1.29 is 19.5 Å². The molecule has 6 nitrogen and oxygen atoms in total. The van der Waals surface area contributed by atoms with E-state index in [1.54, 1.807) is 0 Å². The van der Waals surface area contributed by atoms with E-state index in [4.69, 9.17) is 5.73 Å². The van der Waals surface area contributed by atoms with Gasteiger partial charge in [-0.25, -0.2) is 4.79 Å². The average molecular weight is 371 g/mol. The fourth-order valence-electron chi connectivity index (χ4n) is 2.98. The molecule has 0 aliphatic heterocycles. The number of aliphatic carboxylic acids is 1. The maximum atomic E-state index is 12.6. The van der Waals surface area contributed by atoms with Crippen LogP contribution in [0.15, 0.2) is 0 Å². The van der Waals surface area contributed by atoms with Crippen molar-refractivity contribution in [3.05, 3.63) is 0 Å². The molecule has 0 aliphatic carbocycles. The first-order valence-electron chi connectivity index (χ1n) is 10.3. The average Bonchev–Trinajstić information content (AvgIpc) is 2.61. The molecule has 2 amide bonds. The Kier molecular flexibility index (Phi) is 14.9.